The highest BCUT2D eigenvalue weighted by atomic mass is 19.4. The summed E-state index contributed by atoms with van der Waals surface area (Å²) in [7, 11) is 1.51. The predicted octanol–water partition coefficient (Wildman–Crippen LogP) is 3.96. The van der Waals surface area contributed by atoms with Gasteiger partial charge in [0.05, 0.1) is 12.7 Å². The van der Waals surface area contributed by atoms with E-state index in [1.165, 1.54) is 19.2 Å². The molecule has 0 aromatic heterocycles. The summed E-state index contributed by atoms with van der Waals surface area (Å²) in [6.45, 7) is 0. The first kappa shape index (κ1) is 13.3. The third kappa shape index (κ3) is 2.99. The number of alkyl halides is 3. The molecule has 0 spiro atoms. The van der Waals surface area contributed by atoms with Crippen molar-refractivity contribution >= 4 is 5.69 Å². The van der Waals surface area contributed by atoms with Crippen LogP contribution >= 0.6 is 0 Å². The Bertz CT molecular complexity index is 576. The van der Waals surface area contributed by atoms with E-state index in [4.69, 9.17) is 10.5 Å². The van der Waals surface area contributed by atoms with Crippen LogP contribution in [0.3, 0.4) is 0 Å². The first-order valence-electron chi connectivity index (χ1n) is 5.52. The first-order valence-corrected chi connectivity index (χ1v) is 5.52. The molecule has 2 rings (SSSR count). The predicted molar refractivity (Wildman–Crippen MR) is 67.8 cm³/mol. The maximum atomic E-state index is 12.5. The fourth-order valence-corrected chi connectivity index (χ4v) is 1.76. The number of hydrogen-bond acceptors (Lipinski definition) is 2. The van der Waals surface area contributed by atoms with Crippen molar-refractivity contribution in [1.29, 1.82) is 0 Å². The number of halogens is 3. The van der Waals surface area contributed by atoms with E-state index in [2.05, 4.69) is 0 Å². The fraction of sp³-hybridized carbons (Fsp3) is 0.143. The fourth-order valence-electron chi connectivity index (χ4n) is 1.76. The maximum Gasteiger partial charge on any atom is 0.416 e. The molecule has 100 valence electrons. The lowest BCUT2D eigenvalue weighted by atomic mass is 10.0. The molecule has 2 aromatic carbocycles. The van der Waals surface area contributed by atoms with Gasteiger partial charge in [-0.1, -0.05) is 12.1 Å². The van der Waals surface area contributed by atoms with Gasteiger partial charge in [0.2, 0.25) is 0 Å². The van der Waals surface area contributed by atoms with Crippen LogP contribution in [0.4, 0.5) is 18.9 Å². The average Bonchev–Trinajstić information content (AvgIpc) is 2.37. The summed E-state index contributed by atoms with van der Waals surface area (Å²) in [5.74, 6) is 0.565. The number of nitrogen functional groups attached to an aromatic ring is 1. The van der Waals surface area contributed by atoms with Crippen molar-refractivity contribution in [2.24, 2.45) is 0 Å². The molecule has 2 N–H and O–H groups in total. The van der Waals surface area contributed by atoms with Gasteiger partial charge in [-0.25, -0.2) is 0 Å². The standard InChI is InChI=1S/C14H12F3NO/c1-19-13-7-10(6-12(18)8-13)9-2-4-11(5-3-9)14(15,16)17/h2-8H,18H2,1H3. The number of benzene rings is 2. The lowest BCUT2D eigenvalue weighted by molar-refractivity contribution is -0.137. The van der Waals surface area contributed by atoms with Gasteiger partial charge in [0.1, 0.15) is 5.75 Å². The summed E-state index contributed by atoms with van der Waals surface area (Å²) in [6, 6.07) is 9.97. The van der Waals surface area contributed by atoms with Crippen molar-refractivity contribution in [3.63, 3.8) is 0 Å². The second kappa shape index (κ2) is 4.84. The molecule has 2 aromatic rings. The number of ether oxygens (including phenoxy) is 1. The lowest BCUT2D eigenvalue weighted by Gasteiger charge is -2.09. The molecule has 0 saturated carbocycles. The van der Waals surface area contributed by atoms with E-state index in [0.717, 1.165) is 12.1 Å². The number of rotatable bonds is 2. The molecule has 5 heteroatoms. The van der Waals surface area contributed by atoms with E-state index >= 15 is 0 Å². The summed E-state index contributed by atoms with van der Waals surface area (Å²) in [5.41, 5.74) is 6.90. The third-order valence-corrected chi connectivity index (χ3v) is 2.71. The smallest absolute Gasteiger partial charge is 0.416 e. The highest BCUT2D eigenvalue weighted by Crippen LogP contribution is 2.32. The molecule has 0 bridgehead atoms. The van der Waals surface area contributed by atoms with Gasteiger partial charge in [0.25, 0.3) is 0 Å². The molecule has 0 heterocycles. The molecule has 0 aliphatic carbocycles. The molecule has 0 atom stereocenters. The van der Waals surface area contributed by atoms with Crippen molar-refractivity contribution in [2.75, 3.05) is 12.8 Å². The second-order valence-corrected chi connectivity index (χ2v) is 4.07. The Morgan fingerprint density at radius 2 is 1.58 bits per heavy atom. The Kier molecular flexibility index (Phi) is 3.38. The van der Waals surface area contributed by atoms with E-state index in [-0.39, 0.29) is 0 Å². The molecule has 19 heavy (non-hydrogen) atoms. The number of methoxy groups -OCH3 is 1. The number of anilines is 1. The quantitative estimate of drug-likeness (QED) is 0.836. The van der Waals surface area contributed by atoms with Gasteiger partial charge in [-0.05, 0) is 35.4 Å². The Hall–Kier alpha value is -2.17. The van der Waals surface area contributed by atoms with Crippen LogP contribution in [0.25, 0.3) is 11.1 Å². The molecule has 2 nitrogen and oxygen atoms in total. The van der Waals surface area contributed by atoms with Crippen LogP contribution in [-0.4, -0.2) is 7.11 Å². The van der Waals surface area contributed by atoms with Gasteiger partial charge in [0.15, 0.2) is 0 Å². The zero-order valence-corrected chi connectivity index (χ0v) is 10.2. The second-order valence-electron chi connectivity index (χ2n) is 4.07. The molecule has 0 amide bonds. The van der Waals surface area contributed by atoms with E-state index in [9.17, 15) is 13.2 Å². The van der Waals surface area contributed by atoms with Crippen LogP contribution < -0.4 is 10.5 Å². The van der Waals surface area contributed by atoms with Gasteiger partial charge < -0.3 is 10.5 Å². The SMILES string of the molecule is COc1cc(N)cc(-c2ccc(C(F)(F)F)cc2)c1. The number of nitrogens with two attached hydrogens (primary N) is 1. The third-order valence-electron chi connectivity index (χ3n) is 2.71. The van der Waals surface area contributed by atoms with Crippen molar-refractivity contribution in [1.82, 2.24) is 0 Å². The Balaban J connectivity index is 2.40. The number of hydrogen-bond donors (Lipinski definition) is 1. The Morgan fingerprint density at radius 3 is 2.11 bits per heavy atom. The van der Waals surface area contributed by atoms with Crippen LogP contribution in [0, 0.1) is 0 Å². The van der Waals surface area contributed by atoms with Crippen LogP contribution in [0.2, 0.25) is 0 Å². The zero-order valence-electron chi connectivity index (χ0n) is 10.2. The van der Waals surface area contributed by atoms with Crippen LogP contribution in [-0.2, 0) is 6.18 Å². The molecule has 0 unspecified atom stereocenters. The summed E-state index contributed by atoms with van der Waals surface area (Å²) >= 11 is 0. The highest BCUT2D eigenvalue weighted by Gasteiger charge is 2.29. The highest BCUT2D eigenvalue weighted by molar-refractivity contribution is 5.70. The summed E-state index contributed by atoms with van der Waals surface area (Å²) < 4.78 is 42.5. The van der Waals surface area contributed by atoms with Crippen molar-refractivity contribution in [3.05, 3.63) is 48.0 Å². The molecule has 0 saturated heterocycles. The van der Waals surface area contributed by atoms with E-state index in [1.807, 2.05) is 0 Å². The zero-order chi connectivity index (χ0) is 14.0. The van der Waals surface area contributed by atoms with Gasteiger partial charge in [0, 0.05) is 11.8 Å². The largest absolute Gasteiger partial charge is 0.497 e. The topological polar surface area (TPSA) is 35.2 Å². The molecule has 0 aliphatic heterocycles. The average molecular weight is 267 g/mol. The van der Waals surface area contributed by atoms with Gasteiger partial charge in [-0.3, -0.25) is 0 Å². The van der Waals surface area contributed by atoms with Crippen LogP contribution in [0.1, 0.15) is 5.56 Å². The van der Waals surface area contributed by atoms with Gasteiger partial charge in [-0.15, -0.1) is 0 Å². The Morgan fingerprint density at radius 1 is 0.947 bits per heavy atom. The van der Waals surface area contributed by atoms with Gasteiger partial charge in [-0.2, -0.15) is 13.2 Å². The normalized spacial score (nSPS) is 11.4. The minimum Gasteiger partial charge on any atom is -0.497 e. The van der Waals surface area contributed by atoms with Crippen LogP contribution in [0.15, 0.2) is 42.5 Å². The van der Waals surface area contributed by atoms with E-state index < -0.39 is 11.7 Å². The minimum atomic E-state index is -4.33. The van der Waals surface area contributed by atoms with Crippen molar-refractivity contribution in [2.45, 2.75) is 6.18 Å². The lowest BCUT2D eigenvalue weighted by Crippen LogP contribution is -2.04. The Labute approximate surface area is 108 Å². The molecule has 0 aliphatic rings. The van der Waals surface area contributed by atoms with E-state index in [0.29, 0.717) is 22.6 Å². The van der Waals surface area contributed by atoms with Crippen LogP contribution in [0.5, 0.6) is 5.75 Å². The first-order chi connectivity index (χ1) is 8.90. The maximum absolute atomic E-state index is 12.5. The minimum absolute atomic E-state index is 0.495. The summed E-state index contributed by atoms with van der Waals surface area (Å²) in [6.07, 6.45) is -4.33. The van der Waals surface area contributed by atoms with Crippen molar-refractivity contribution < 1.29 is 17.9 Å². The van der Waals surface area contributed by atoms with Gasteiger partial charge >= 0.3 is 6.18 Å². The van der Waals surface area contributed by atoms with E-state index in [1.54, 1.807) is 18.2 Å². The molecular formula is C14H12F3NO. The molecule has 0 fully saturated rings. The molecule has 0 radical (unpaired) electrons. The summed E-state index contributed by atoms with van der Waals surface area (Å²) in [5, 5.41) is 0. The molecular weight excluding hydrogens is 255 g/mol. The summed E-state index contributed by atoms with van der Waals surface area (Å²) in [4.78, 5) is 0. The monoisotopic (exact) mass is 267 g/mol. The van der Waals surface area contributed by atoms with Crippen molar-refractivity contribution in [3.8, 4) is 16.9 Å².